The van der Waals surface area contributed by atoms with Gasteiger partial charge in [-0.15, -0.1) is 24.0 Å². The maximum atomic E-state index is 13.6. The lowest BCUT2D eigenvalue weighted by Gasteiger charge is -2.26. The van der Waals surface area contributed by atoms with Gasteiger partial charge in [-0.2, -0.15) is 0 Å². The van der Waals surface area contributed by atoms with E-state index in [-0.39, 0.29) is 41.6 Å². The molecule has 1 aromatic rings. The third-order valence-electron chi connectivity index (χ3n) is 4.06. The van der Waals surface area contributed by atoms with Gasteiger partial charge < -0.3 is 20.1 Å². The van der Waals surface area contributed by atoms with E-state index in [4.69, 9.17) is 9.47 Å². The van der Waals surface area contributed by atoms with Gasteiger partial charge in [-0.3, -0.25) is 4.90 Å². The number of benzene rings is 1. The summed E-state index contributed by atoms with van der Waals surface area (Å²) >= 11 is 0. The van der Waals surface area contributed by atoms with Gasteiger partial charge in [-0.25, -0.2) is 9.38 Å². The van der Waals surface area contributed by atoms with Gasteiger partial charge in [0.2, 0.25) is 0 Å². The van der Waals surface area contributed by atoms with E-state index in [0.29, 0.717) is 6.54 Å². The molecule has 1 fully saturated rings. The normalized spacial score (nSPS) is 16.3. The summed E-state index contributed by atoms with van der Waals surface area (Å²) in [4.78, 5) is 6.95. The van der Waals surface area contributed by atoms with Crippen LogP contribution in [0.1, 0.15) is 20.3 Å². The average molecular weight is 494 g/mol. The van der Waals surface area contributed by atoms with E-state index >= 15 is 0 Å². The molecule has 1 aliphatic rings. The fourth-order valence-corrected chi connectivity index (χ4v) is 2.69. The molecule has 1 saturated heterocycles. The molecule has 0 spiro atoms. The van der Waals surface area contributed by atoms with Crippen LogP contribution in [0.4, 0.5) is 4.39 Å². The molecule has 0 amide bonds. The van der Waals surface area contributed by atoms with E-state index in [2.05, 4.69) is 20.5 Å². The number of halogens is 2. The van der Waals surface area contributed by atoms with Crippen LogP contribution in [0.5, 0.6) is 5.75 Å². The molecule has 1 aromatic carbocycles. The van der Waals surface area contributed by atoms with Crippen molar-refractivity contribution in [2.75, 3.05) is 52.5 Å². The van der Waals surface area contributed by atoms with Gasteiger partial charge >= 0.3 is 0 Å². The topological polar surface area (TPSA) is 58.1 Å². The first-order valence-electron chi connectivity index (χ1n) is 9.42. The van der Waals surface area contributed by atoms with Crippen LogP contribution in [0, 0.1) is 5.82 Å². The van der Waals surface area contributed by atoms with Crippen LogP contribution in [-0.4, -0.2) is 69.4 Å². The number of nitrogens with one attached hydrogen (secondary N) is 2. The molecule has 2 N–H and O–H groups in total. The summed E-state index contributed by atoms with van der Waals surface area (Å²) < 4.78 is 24.6. The van der Waals surface area contributed by atoms with E-state index in [1.807, 2.05) is 13.8 Å². The lowest BCUT2D eigenvalue weighted by Crippen LogP contribution is -2.41. The van der Waals surface area contributed by atoms with Crippen LogP contribution < -0.4 is 15.4 Å². The summed E-state index contributed by atoms with van der Waals surface area (Å²) in [5, 5.41) is 6.57. The van der Waals surface area contributed by atoms with E-state index in [0.717, 1.165) is 58.3 Å². The number of hydrogen-bond donors (Lipinski definition) is 2. The molecule has 6 nitrogen and oxygen atoms in total. The fraction of sp³-hybridized carbons (Fsp3) is 0.632. The molecule has 0 aliphatic carbocycles. The first-order chi connectivity index (χ1) is 12.7. The van der Waals surface area contributed by atoms with E-state index in [9.17, 15) is 4.39 Å². The summed E-state index contributed by atoms with van der Waals surface area (Å²) in [6, 6.07) is 6.43. The maximum absolute atomic E-state index is 13.6. The van der Waals surface area contributed by atoms with Crippen molar-refractivity contribution in [3.63, 3.8) is 0 Å². The lowest BCUT2D eigenvalue weighted by molar-refractivity contribution is 0.0376. The standard InChI is InChI=1S/C19H31FN4O2.HI/c1-3-21-19(22-9-6-10-24-11-13-25-14-12-24)23-15-16(2)26-18-8-5-4-7-17(18)20;/h4-5,7-8,16H,3,6,9-15H2,1-2H3,(H2,21,22,23);1H. The van der Waals surface area contributed by atoms with Gasteiger partial charge in [-0.1, -0.05) is 12.1 Å². The number of guanidine groups is 1. The highest BCUT2D eigenvalue weighted by Gasteiger charge is 2.10. The first-order valence-corrected chi connectivity index (χ1v) is 9.42. The Hall–Kier alpha value is -1.13. The number of nitrogens with zero attached hydrogens (tertiary/aromatic N) is 2. The summed E-state index contributed by atoms with van der Waals surface area (Å²) in [6.45, 7) is 10.8. The highest BCUT2D eigenvalue weighted by Crippen LogP contribution is 2.16. The Bertz CT molecular complexity index is 556. The van der Waals surface area contributed by atoms with Crippen LogP contribution >= 0.6 is 24.0 Å². The first kappa shape index (κ1) is 23.9. The van der Waals surface area contributed by atoms with Gasteiger partial charge in [0.25, 0.3) is 0 Å². The number of hydrogen-bond acceptors (Lipinski definition) is 4. The fourth-order valence-electron chi connectivity index (χ4n) is 2.69. The molecule has 27 heavy (non-hydrogen) atoms. The average Bonchev–Trinajstić information content (AvgIpc) is 2.66. The van der Waals surface area contributed by atoms with Crippen molar-refractivity contribution in [1.82, 2.24) is 15.5 Å². The van der Waals surface area contributed by atoms with Crippen molar-refractivity contribution in [3.8, 4) is 5.75 Å². The molecule has 0 radical (unpaired) electrons. The highest BCUT2D eigenvalue weighted by atomic mass is 127. The molecular formula is C19H32FIN4O2. The zero-order valence-electron chi connectivity index (χ0n) is 16.2. The molecule has 1 atom stereocenters. The largest absolute Gasteiger partial charge is 0.486 e. The Morgan fingerprint density at radius 1 is 1.30 bits per heavy atom. The summed E-state index contributed by atoms with van der Waals surface area (Å²) in [7, 11) is 0. The Morgan fingerprint density at radius 2 is 2.04 bits per heavy atom. The van der Waals surface area contributed by atoms with Crippen LogP contribution in [0.2, 0.25) is 0 Å². The molecule has 1 unspecified atom stereocenters. The van der Waals surface area contributed by atoms with Crippen molar-refractivity contribution < 1.29 is 13.9 Å². The summed E-state index contributed by atoms with van der Waals surface area (Å²) in [5.74, 6) is 0.675. The van der Waals surface area contributed by atoms with Gasteiger partial charge in [0.1, 0.15) is 6.10 Å². The minimum Gasteiger partial charge on any atom is -0.486 e. The van der Waals surface area contributed by atoms with E-state index in [1.165, 1.54) is 6.07 Å². The number of para-hydroxylation sites is 1. The second-order valence-electron chi connectivity index (χ2n) is 6.31. The van der Waals surface area contributed by atoms with Crippen LogP contribution in [-0.2, 0) is 4.74 Å². The van der Waals surface area contributed by atoms with E-state index in [1.54, 1.807) is 18.2 Å². The third kappa shape index (κ3) is 9.57. The molecule has 2 rings (SSSR count). The number of morpholine rings is 1. The lowest BCUT2D eigenvalue weighted by atomic mass is 10.3. The minimum absolute atomic E-state index is 0. The van der Waals surface area contributed by atoms with Gasteiger partial charge in [0.15, 0.2) is 17.5 Å². The van der Waals surface area contributed by atoms with Crippen molar-refractivity contribution in [1.29, 1.82) is 0 Å². The molecule has 0 saturated carbocycles. The van der Waals surface area contributed by atoms with E-state index < -0.39 is 0 Å². The zero-order chi connectivity index (χ0) is 18.6. The second kappa shape index (κ2) is 14.0. The molecule has 154 valence electrons. The Morgan fingerprint density at radius 3 is 2.74 bits per heavy atom. The predicted molar refractivity (Wildman–Crippen MR) is 118 cm³/mol. The number of rotatable bonds is 9. The smallest absolute Gasteiger partial charge is 0.191 e. The van der Waals surface area contributed by atoms with Gasteiger partial charge in [0, 0.05) is 26.2 Å². The predicted octanol–water partition coefficient (Wildman–Crippen LogP) is 2.49. The van der Waals surface area contributed by atoms with Crippen molar-refractivity contribution in [2.24, 2.45) is 4.99 Å². The van der Waals surface area contributed by atoms with Gasteiger partial charge in [0.05, 0.1) is 19.8 Å². The Kier molecular flexibility index (Phi) is 12.4. The maximum Gasteiger partial charge on any atom is 0.191 e. The zero-order valence-corrected chi connectivity index (χ0v) is 18.6. The van der Waals surface area contributed by atoms with Crippen molar-refractivity contribution in [3.05, 3.63) is 30.1 Å². The number of aliphatic imine (C=N–C) groups is 1. The third-order valence-corrected chi connectivity index (χ3v) is 4.06. The minimum atomic E-state index is -0.350. The molecule has 0 bridgehead atoms. The molecule has 1 aliphatic heterocycles. The summed E-state index contributed by atoms with van der Waals surface area (Å²) in [6.07, 6.45) is 0.835. The van der Waals surface area contributed by atoms with Crippen molar-refractivity contribution in [2.45, 2.75) is 26.4 Å². The number of ether oxygens (including phenoxy) is 2. The molecule has 1 heterocycles. The Labute approximate surface area is 178 Å². The molecule has 8 heteroatoms. The van der Waals surface area contributed by atoms with Crippen molar-refractivity contribution >= 4 is 29.9 Å². The summed E-state index contributed by atoms with van der Waals surface area (Å²) in [5.41, 5.74) is 0. The SMILES string of the molecule is CCNC(=NCC(C)Oc1ccccc1F)NCCCN1CCOCC1.I. The van der Waals surface area contributed by atoms with Crippen LogP contribution in [0.15, 0.2) is 29.3 Å². The second-order valence-corrected chi connectivity index (χ2v) is 6.31. The monoisotopic (exact) mass is 494 g/mol. The van der Waals surface area contributed by atoms with Gasteiger partial charge in [-0.05, 0) is 38.9 Å². The van der Waals surface area contributed by atoms with Crippen LogP contribution in [0.3, 0.4) is 0 Å². The highest BCUT2D eigenvalue weighted by molar-refractivity contribution is 14.0. The molecular weight excluding hydrogens is 462 g/mol. The Balaban J connectivity index is 0.00000364. The van der Waals surface area contributed by atoms with Crippen LogP contribution in [0.25, 0.3) is 0 Å². The quantitative estimate of drug-likeness (QED) is 0.239. The molecule has 0 aromatic heterocycles.